The number of aliphatic hydroxyl groups is 1. The highest BCUT2D eigenvalue weighted by atomic mass is 19.1. The summed E-state index contributed by atoms with van der Waals surface area (Å²) in [5.41, 5.74) is 5.75. The van der Waals surface area contributed by atoms with E-state index in [4.69, 9.17) is 20.8 Å². The fourth-order valence-electron chi connectivity index (χ4n) is 1.89. The van der Waals surface area contributed by atoms with Crippen LogP contribution in [-0.4, -0.2) is 44.8 Å². The first kappa shape index (κ1) is 13.8. The van der Waals surface area contributed by atoms with Gasteiger partial charge in [-0.05, 0) is 0 Å². The van der Waals surface area contributed by atoms with Crippen molar-refractivity contribution in [2.45, 2.75) is 24.5 Å². The number of hydrogen-bond acceptors (Lipinski definition) is 7. The van der Waals surface area contributed by atoms with Gasteiger partial charge in [-0.25, -0.2) is 13.6 Å². The van der Waals surface area contributed by atoms with Crippen molar-refractivity contribution in [1.82, 2.24) is 15.0 Å². The molecular formula is C9H12F2N4O4. The Kier molecular flexibility index (Phi) is 3.75. The van der Waals surface area contributed by atoms with Crippen LogP contribution in [0.15, 0.2) is 11.0 Å². The van der Waals surface area contributed by atoms with Gasteiger partial charge in [-0.1, -0.05) is 0 Å². The maximum atomic E-state index is 14.0. The van der Waals surface area contributed by atoms with Gasteiger partial charge in [0.2, 0.25) is 0 Å². The van der Waals surface area contributed by atoms with Crippen LogP contribution in [0.1, 0.15) is 6.23 Å². The predicted molar refractivity (Wildman–Crippen MR) is 57.5 cm³/mol. The third-order valence-corrected chi connectivity index (χ3v) is 2.87. The van der Waals surface area contributed by atoms with E-state index in [9.17, 15) is 13.6 Å². The fourth-order valence-corrected chi connectivity index (χ4v) is 1.89. The quantitative estimate of drug-likeness (QED) is 0.498. The molecule has 0 radical (unpaired) electrons. The minimum absolute atomic E-state index is 0.580. The van der Waals surface area contributed by atoms with Gasteiger partial charge in [0, 0.05) is 0 Å². The average molecular weight is 278 g/mol. The van der Waals surface area contributed by atoms with Crippen LogP contribution in [0.5, 0.6) is 0 Å². The molecule has 1 saturated heterocycles. The van der Waals surface area contributed by atoms with E-state index in [1.807, 2.05) is 0 Å². The Morgan fingerprint density at radius 1 is 1.63 bits per heavy atom. The number of nitrogens with zero attached hydrogens (tertiary/aromatic N) is 2. The van der Waals surface area contributed by atoms with Crippen molar-refractivity contribution in [3.63, 3.8) is 0 Å². The fraction of sp³-hybridized carbons (Fsp3) is 0.556. The van der Waals surface area contributed by atoms with Crippen LogP contribution in [0.2, 0.25) is 0 Å². The van der Waals surface area contributed by atoms with Crippen LogP contribution in [-0.2, 0) is 4.74 Å². The summed E-state index contributed by atoms with van der Waals surface area (Å²) in [4.78, 5) is 14.7. The molecule has 1 aromatic heterocycles. The molecule has 0 aromatic carbocycles. The highest BCUT2D eigenvalue weighted by Gasteiger charge is 2.46. The van der Waals surface area contributed by atoms with E-state index in [-0.39, 0.29) is 0 Å². The number of anilines is 1. The van der Waals surface area contributed by atoms with Crippen LogP contribution in [0.25, 0.3) is 0 Å². The highest BCUT2D eigenvalue weighted by Crippen LogP contribution is 2.30. The summed E-state index contributed by atoms with van der Waals surface area (Å²) in [6.07, 6.45) is -3.82. The number of nitrogen functional groups attached to an aromatic ring is 1. The molecular weight excluding hydrogens is 266 g/mol. The lowest BCUT2D eigenvalue weighted by molar-refractivity contribution is -0.0449. The molecule has 1 fully saturated rings. The number of ether oxygens (including phenoxy) is 1. The smallest absolute Gasteiger partial charge is 0.351 e. The van der Waals surface area contributed by atoms with Crippen LogP contribution in [0, 0.1) is 5.82 Å². The minimum Gasteiger partial charge on any atom is -0.394 e. The molecule has 10 heteroatoms. The van der Waals surface area contributed by atoms with Crippen LogP contribution < -0.4 is 16.9 Å². The second-order valence-electron chi connectivity index (χ2n) is 4.01. The van der Waals surface area contributed by atoms with E-state index in [2.05, 4.69) is 4.98 Å². The first-order chi connectivity index (χ1) is 8.99. The Morgan fingerprint density at radius 3 is 2.84 bits per heavy atom. The third kappa shape index (κ3) is 2.30. The Balaban J connectivity index is 2.38. The van der Waals surface area contributed by atoms with Gasteiger partial charge in [0.25, 0.3) is 0 Å². The molecule has 0 saturated carbocycles. The predicted octanol–water partition coefficient (Wildman–Crippen LogP) is -1.46. The van der Waals surface area contributed by atoms with Gasteiger partial charge < -0.3 is 20.8 Å². The number of aliphatic hydroxyl groups excluding tert-OH is 1. The Morgan fingerprint density at radius 2 is 2.32 bits per heavy atom. The maximum absolute atomic E-state index is 14.0. The molecule has 0 amide bonds. The molecule has 106 valence electrons. The molecule has 4 atom stereocenters. The molecule has 8 nitrogen and oxygen atoms in total. The Labute approximate surface area is 105 Å². The van der Waals surface area contributed by atoms with Crippen LogP contribution in [0.4, 0.5) is 14.6 Å². The summed E-state index contributed by atoms with van der Waals surface area (Å²) in [5, 5.41) is 17.8. The molecule has 0 bridgehead atoms. The zero-order valence-electron chi connectivity index (χ0n) is 9.53. The Hall–Kier alpha value is -1.62. The van der Waals surface area contributed by atoms with E-state index in [1.165, 1.54) is 0 Å². The summed E-state index contributed by atoms with van der Waals surface area (Å²) < 4.78 is 32.9. The summed E-state index contributed by atoms with van der Waals surface area (Å²) in [6, 6.07) is -1.25. The molecule has 5 N–H and O–H groups in total. The summed E-state index contributed by atoms with van der Waals surface area (Å²) >= 11 is 0. The highest BCUT2D eigenvalue weighted by molar-refractivity contribution is 5.26. The van der Waals surface area contributed by atoms with E-state index in [1.54, 1.807) is 5.48 Å². The topological polar surface area (TPSA) is 123 Å². The molecule has 1 aliphatic rings. The van der Waals surface area contributed by atoms with Crippen molar-refractivity contribution in [3.05, 3.63) is 22.5 Å². The van der Waals surface area contributed by atoms with E-state index < -0.39 is 48.5 Å². The van der Waals surface area contributed by atoms with Gasteiger partial charge in [0.05, 0.1) is 18.8 Å². The van der Waals surface area contributed by atoms with Gasteiger partial charge in [-0.2, -0.15) is 10.5 Å². The monoisotopic (exact) mass is 278 g/mol. The lowest BCUT2D eigenvalue weighted by atomic mass is 10.1. The first-order valence-electron chi connectivity index (χ1n) is 5.33. The molecule has 2 heterocycles. The van der Waals surface area contributed by atoms with Gasteiger partial charge in [0.15, 0.2) is 24.0 Å². The lowest BCUT2D eigenvalue weighted by Gasteiger charge is -2.16. The standard InChI is InChI=1S/C9H12F2N4O4/c10-3-1-15(9(17)13-7(3)12)8-5(11)6(14-18)4(2-16)19-8/h1,4-6,8,14,16,18H,2H2,(H2,12,13,17)/t4-,5+,6+,8-/m1/s1. The van der Waals surface area contributed by atoms with Crippen LogP contribution in [0.3, 0.4) is 0 Å². The van der Waals surface area contributed by atoms with Crippen molar-refractivity contribution < 1.29 is 23.8 Å². The van der Waals surface area contributed by atoms with Crippen molar-refractivity contribution in [2.75, 3.05) is 12.3 Å². The van der Waals surface area contributed by atoms with Gasteiger partial charge in [-0.15, -0.1) is 0 Å². The Bertz CT molecular complexity index is 525. The van der Waals surface area contributed by atoms with E-state index >= 15 is 0 Å². The van der Waals surface area contributed by atoms with Crippen LogP contribution >= 0.6 is 0 Å². The minimum atomic E-state index is -1.88. The first-order valence-corrected chi connectivity index (χ1v) is 5.33. The van der Waals surface area contributed by atoms with Gasteiger partial charge in [0.1, 0.15) is 6.10 Å². The largest absolute Gasteiger partial charge is 0.394 e. The number of rotatable bonds is 3. The molecule has 1 aliphatic heterocycles. The zero-order valence-corrected chi connectivity index (χ0v) is 9.53. The number of aromatic nitrogens is 2. The molecule has 0 aliphatic carbocycles. The number of hydroxylamine groups is 1. The number of nitrogens with one attached hydrogen (secondary N) is 1. The maximum Gasteiger partial charge on any atom is 0.351 e. The lowest BCUT2D eigenvalue weighted by Crippen LogP contribution is -2.42. The normalized spacial score (nSPS) is 30.7. The zero-order chi connectivity index (χ0) is 14.2. The molecule has 2 rings (SSSR count). The van der Waals surface area contributed by atoms with Crippen molar-refractivity contribution >= 4 is 5.82 Å². The summed E-state index contributed by atoms with van der Waals surface area (Å²) in [6.45, 7) is -0.589. The second kappa shape index (κ2) is 5.17. The van der Waals surface area contributed by atoms with Crippen molar-refractivity contribution in [2.24, 2.45) is 0 Å². The van der Waals surface area contributed by atoms with Crippen molar-refractivity contribution in [1.29, 1.82) is 0 Å². The van der Waals surface area contributed by atoms with Gasteiger partial charge in [-0.3, -0.25) is 4.57 Å². The average Bonchev–Trinajstić information content (AvgIpc) is 2.70. The molecule has 0 unspecified atom stereocenters. The van der Waals surface area contributed by atoms with E-state index in [0.717, 1.165) is 0 Å². The van der Waals surface area contributed by atoms with E-state index in [0.29, 0.717) is 10.8 Å². The second-order valence-corrected chi connectivity index (χ2v) is 4.01. The molecule has 1 aromatic rings. The van der Waals surface area contributed by atoms with Crippen molar-refractivity contribution in [3.8, 4) is 0 Å². The molecule has 0 spiro atoms. The van der Waals surface area contributed by atoms with Gasteiger partial charge >= 0.3 is 5.69 Å². The SMILES string of the molecule is Nc1nc(=O)n([C@@H]2O[C@H](CO)[C@H](NO)[C@@H]2F)cc1F. The third-order valence-electron chi connectivity index (χ3n) is 2.87. The number of halogens is 2. The number of hydrogen-bond donors (Lipinski definition) is 4. The molecule has 19 heavy (non-hydrogen) atoms. The summed E-state index contributed by atoms with van der Waals surface area (Å²) in [5.74, 6) is -1.61. The summed E-state index contributed by atoms with van der Waals surface area (Å²) in [7, 11) is 0. The number of nitrogens with two attached hydrogens (primary N) is 1. The number of alkyl halides is 1.